The van der Waals surface area contributed by atoms with E-state index in [9.17, 15) is 9.18 Å². The second-order valence-corrected chi connectivity index (χ2v) is 5.28. The van der Waals surface area contributed by atoms with Crippen molar-refractivity contribution in [3.8, 4) is 0 Å². The summed E-state index contributed by atoms with van der Waals surface area (Å²) in [5.41, 5.74) is 2.83. The lowest BCUT2D eigenvalue weighted by Crippen LogP contribution is -2.04. The fraction of sp³-hybridized carbons (Fsp3) is 0.133. The number of aryl methyl sites for hydroxylation is 1. The van der Waals surface area contributed by atoms with Crippen LogP contribution in [0, 0.1) is 12.7 Å². The number of carbonyl (C=O) groups is 1. The second kappa shape index (κ2) is 6.05. The number of carboxylic acid groups (broad SMARTS) is 1. The van der Waals surface area contributed by atoms with Crippen molar-refractivity contribution in [1.82, 2.24) is 0 Å². The van der Waals surface area contributed by atoms with E-state index in [2.05, 4.69) is 21.2 Å². The maximum absolute atomic E-state index is 13.0. The van der Waals surface area contributed by atoms with Crippen molar-refractivity contribution in [3.05, 3.63) is 63.4 Å². The summed E-state index contributed by atoms with van der Waals surface area (Å²) in [6, 6.07) is 9.39. The Morgan fingerprint density at radius 2 is 2.05 bits per heavy atom. The van der Waals surface area contributed by atoms with E-state index in [4.69, 9.17) is 5.11 Å². The van der Waals surface area contributed by atoms with Gasteiger partial charge in [0.2, 0.25) is 0 Å². The Balaban J connectivity index is 2.18. The quantitative estimate of drug-likeness (QED) is 0.878. The summed E-state index contributed by atoms with van der Waals surface area (Å²) in [5, 5.41) is 12.2. The van der Waals surface area contributed by atoms with Crippen LogP contribution in [0.25, 0.3) is 0 Å². The first kappa shape index (κ1) is 14.5. The zero-order valence-electron chi connectivity index (χ0n) is 10.8. The van der Waals surface area contributed by atoms with Crippen LogP contribution in [0.4, 0.5) is 10.1 Å². The number of nitrogens with one attached hydrogen (secondary N) is 1. The van der Waals surface area contributed by atoms with E-state index >= 15 is 0 Å². The van der Waals surface area contributed by atoms with Crippen LogP contribution in [0.3, 0.4) is 0 Å². The third-order valence-corrected chi connectivity index (χ3v) is 3.71. The van der Waals surface area contributed by atoms with E-state index in [0.29, 0.717) is 11.0 Å². The molecule has 0 saturated heterocycles. The summed E-state index contributed by atoms with van der Waals surface area (Å²) >= 11 is 3.30. The molecule has 5 heteroatoms. The van der Waals surface area contributed by atoms with Gasteiger partial charge >= 0.3 is 5.97 Å². The van der Waals surface area contributed by atoms with Gasteiger partial charge in [0.1, 0.15) is 5.82 Å². The van der Waals surface area contributed by atoms with E-state index < -0.39 is 5.97 Å². The maximum atomic E-state index is 13.0. The Morgan fingerprint density at radius 3 is 2.70 bits per heavy atom. The first-order valence-corrected chi connectivity index (χ1v) is 6.78. The molecular formula is C15H13BrFNO2. The second-order valence-electron chi connectivity index (χ2n) is 4.42. The average molecular weight is 338 g/mol. The highest BCUT2D eigenvalue weighted by molar-refractivity contribution is 9.10. The molecule has 104 valence electrons. The molecule has 2 aromatic rings. The number of benzene rings is 2. The highest BCUT2D eigenvalue weighted by Crippen LogP contribution is 2.22. The van der Waals surface area contributed by atoms with Crippen molar-refractivity contribution in [2.75, 3.05) is 5.32 Å². The van der Waals surface area contributed by atoms with Crippen molar-refractivity contribution in [1.29, 1.82) is 0 Å². The Hall–Kier alpha value is -1.88. The van der Waals surface area contributed by atoms with E-state index in [1.807, 2.05) is 6.92 Å². The van der Waals surface area contributed by atoms with Gasteiger partial charge in [-0.05, 0) is 42.3 Å². The number of anilines is 1. The first-order valence-electron chi connectivity index (χ1n) is 5.99. The van der Waals surface area contributed by atoms with Gasteiger partial charge in [0.05, 0.1) is 5.56 Å². The molecule has 3 nitrogen and oxygen atoms in total. The first-order chi connectivity index (χ1) is 9.47. The van der Waals surface area contributed by atoms with Crippen LogP contribution >= 0.6 is 15.9 Å². The van der Waals surface area contributed by atoms with Crippen molar-refractivity contribution in [2.45, 2.75) is 13.5 Å². The highest BCUT2D eigenvalue weighted by Gasteiger charge is 2.07. The van der Waals surface area contributed by atoms with Crippen LogP contribution in [0.5, 0.6) is 0 Å². The van der Waals surface area contributed by atoms with Crippen molar-refractivity contribution in [3.63, 3.8) is 0 Å². The van der Waals surface area contributed by atoms with Crippen LogP contribution < -0.4 is 5.32 Å². The Morgan fingerprint density at radius 1 is 1.30 bits per heavy atom. The van der Waals surface area contributed by atoms with Gasteiger partial charge in [-0.25, -0.2) is 9.18 Å². The van der Waals surface area contributed by atoms with Gasteiger partial charge in [-0.3, -0.25) is 0 Å². The summed E-state index contributed by atoms with van der Waals surface area (Å²) in [5.74, 6) is -1.26. The Kier molecular flexibility index (Phi) is 4.39. The Bertz CT molecular complexity index is 658. The van der Waals surface area contributed by atoms with Crippen LogP contribution in [-0.2, 0) is 6.54 Å². The molecule has 2 rings (SSSR count). The van der Waals surface area contributed by atoms with Gasteiger partial charge in [-0.1, -0.05) is 28.1 Å². The minimum atomic E-state index is -0.962. The van der Waals surface area contributed by atoms with Crippen LogP contribution in [0.2, 0.25) is 0 Å². The normalized spacial score (nSPS) is 10.3. The number of carboxylic acids is 1. The van der Waals surface area contributed by atoms with Gasteiger partial charge in [0.25, 0.3) is 0 Å². The van der Waals surface area contributed by atoms with Crippen LogP contribution in [0.1, 0.15) is 21.5 Å². The van der Waals surface area contributed by atoms with Crippen molar-refractivity contribution >= 4 is 27.6 Å². The van der Waals surface area contributed by atoms with Gasteiger partial charge in [-0.2, -0.15) is 0 Å². The van der Waals surface area contributed by atoms with Gasteiger partial charge in [0, 0.05) is 16.7 Å². The minimum absolute atomic E-state index is 0.233. The predicted octanol–water partition coefficient (Wildman–Crippen LogP) is 4.21. The highest BCUT2D eigenvalue weighted by atomic mass is 79.9. The van der Waals surface area contributed by atoms with E-state index in [1.165, 1.54) is 12.1 Å². The SMILES string of the molecule is Cc1ccc(C(=O)O)cc1NCc1ccc(F)cc1Br. The molecule has 0 heterocycles. The topological polar surface area (TPSA) is 49.3 Å². The summed E-state index contributed by atoms with van der Waals surface area (Å²) in [7, 11) is 0. The smallest absolute Gasteiger partial charge is 0.335 e. The number of rotatable bonds is 4. The van der Waals surface area contributed by atoms with Crippen LogP contribution in [0.15, 0.2) is 40.9 Å². The number of halogens is 2. The lowest BCUT2D eigenvalue weighted by molar-refractivity contribution is 0.0697. The van der Waals surface area contributed by atoms with Gasteiger partial charge in [-0.15, -0.1) is 0 Å². The number of hydrogen-bond acceptors (Lipinski definition) is 2. The fourth-order valence-electron chi connectivity index (χ4n) is 1.80. The monoisotopic (exact) mass is 337 g/mol. The molecule has 2 N–H and O–H groups in total. The van der Waals surface area contributed by atoms with Crippen molar-refractivity contribution in [2.24, 2.45) is 0 Å². The predicted molar refractivity (Wildman–Crippen MR) is 79.6 cm³/mol. The Labute approximate surface area is 124 Å². The standard InChI is InChI=1S/C15H13BrFNO2/c1-9-2-3-10(15(19)20)6-14(9)18-8-11-4-5-12(17)7-13(11)16/h2-7,18H,8H2,1H3,(H,19,20). The van der Waals surface area contributed by atoms with Gasteiger partial charge in [0.15, 0.2) is 0 Å². The lowest BCUT2D eigenvalue weighted by Gasteiger charge is -2.11. The maximum Gasteiger partial charge on any atom is 0.335 e. The number of hydrogen-bond donors (Lipinski definition) is 2. The van der Waals surface area contributed by atoms with E-state index in [-0.39, 0.29) is 11.4 Å². The summed E-state index contributed by atoms with van der Waals surface area (Å²) in [4.78, 5) is 11.0. The molecule has 0 spiro atoms. The molecule has 0 aliphatic carbocycles. The molecule has 0 aliphatic rings. The molecule has 0 radical (unpaired) electrons. The third kappa shape index (κ3) is 3.36. The molecule has 0 unspecified atom stereocenters. The van der Waals surface area contributed by atoms with E-state index in [0.717, 1.165) is 16.8 Å². The molecule has 0 bridgehead atoms. The third-order valence-electron chi connectivity index (χ3n) is 2.97. The molecule has 0 atom stereocenters. The largest absolute Gasteiger partial charge is 0.478 e. The average Bonchev–Trinajstić information content (AvgIpc) is 2.39. The molecule has 0 saturated carbocycles. The molecule has 0 aromatic heterocycles. The number of aromatic carboxylic acids is 1. The van der Waals surface area contributed by atoms with Gasteiger partial charge < -0.3 is 10.4 Å². The molecule has 0 aliphatic heterocycles. The minimum Gasteiger partial charge on any atom is -0.478 e. The zero-order chi connectivity index (χ0) is 14.7. The summed E-state index contributed by atoms with van der Waals surface area (Å²) < 4.78 is 13.7. The zero-order valence-corrected chi connectivity index (χ0v) is 12.4. The van der Waals surface area contributed by atoms with Crippen LogP contribution in [-0.4, -0.2) is 11.1 Å². The lowest BCUT2D eigenvalue weighted by atomic mass is 10.1. The summed E-state index contributed by atoms with van der Waals surface area (Å²) in [6.07, 6.45) is 0. The molecule has 0 fully saturated rings. The van der Waals surface area contributed by atoms with Crippen molar-refractivity contribution < 1.29 is 14.3 Å². The van der Waals surface area contributed by atoms with E-state index in [1.54, 1.807) is 24.3 Å². The molecule has 20 heavy (non-hydrogen) atoms. The molecule has 0 amide bonds. The molecular weight excluding hydrogens is 325 g/mol. The fourth-order valence-corrected chi connectivity index (χ4v) is 2.29. The molecule has 2 aromatic carbocycles. The summed E-state index contributed by atoms with van der Waals surface area (Å²) in [6.45, 7) is 2.37.